The van der Waals surface area contributed by atoms with E-state index in [9.17, 15) is 5.11 Å². The molecular formula is C15H26N2O. The van der Waals surface area contributed by atoms with E-state index in [2.05, 4.69) is 9.80 Å². The molecule has 4 aliphatic heterocycles. The zero-order valence-corrected chi connectivity index (χ0v) is 11.3. The van der Waals surface area contributed by atoms with E-state index in [1.807, 2.05) is 0 Å². The highest BCUT2D eigenvalue weighted by Crippen LogP contribution is 2.42. The van der Waals surface area contributed by atoms with Gasteiger partial charge in [0.1, 0.15) is 0 Å². The standard InChI is InChI=1S/C15H26N2O/c18-13-4-6-17-9-11-7-12(15(17)8-13)10-16-5-2-1-3-14(11)16/h11-15,18H,1-10H2/t11-,12-,13?,14-,15+/m1/s1. The van der Waals surface area contributed by atoms with Gasteiger partial charge in [0, 0.05) is 31.7 Å². The molecule has 0 aliphatic carbocycles. The summed E-state index contributed by atoms with van der Waals surface area (Å²) in [6.45, 7) is 5.11. The van der Waals surface area contributed by atoms with E-state index in [1.165, 1.54) is 45.3 Å². The predicted octanol–water partition coefficient (Wildman–Crippen LogP) is 1.32. The maximum absolute atomic E-state index is 9.94. The van der Waals surface area contributed by atoms with Crippen molar-refractivity contribution in [1.82, 2.24) is 9.80 Å². The normalized spacial score (nSPS) is 49.5. The molecule has 3 nitrogen and oxygen atoms in total. The van der Waals surface area contributed by atoms with Crippen LogP contribution in [0.25, 0.3) is 0 Å². The molecule has 18 heavy (non-hydrogen) atoms. The Kier molecular flexibility index (Phi) is 2.90. The zero-order valence-electron chi connectivity index (χ0n) is 11.3. The summed E-state index contributed by atoms with van der Waals surface area (Å²) in [6, 6.07) is 1.58. The highest BCUT2D eigenvalue weighted by Gasteiger charge is 2.47. The lowest BCUT2D eigenvalue weighted by Gasteiger charge is -2.57. The van der Waals surface area contributed by atoms with Crippen LogP contribution >= 0.6 is 0 Å². The van der Waals surface area contributed by atoms with Gasteiger partial charge in [-0.15, -0.1) is 0 Å². The van der Waals surface area contributed by atoms with Gasteiger partial charge in [0.2, 0.25) is 0 Å². The first-order valence-corrected chi connectivity index (χ1v) is 7.97. The Balaban J connectivity index is 1.55. The molecule has 5 atom stereocenters. The third kappa shape index (κ3) is 1.83. The van der Waals surface area contributed by atoms with Gasteiger partial charge in [0.25, 0.3) is 0 Å². The lowest BCUT2D eigenvalue weighted by molar-refractivity contribution is -0.0900. The molecule has 0 amide bonds. The lowest BCUT2D eigenvalue weighted by Crippen LogP contribution is -2.64. The molecule has 4 rings (SSSR count). The van der Waals surface area contributed by atoms with Crippen molar-refractivity contribution in [3.05, 3.63) is 0 Å². The van der Waals surface area contributed by atoms with Crippen LogP contribution in [0.2, 0.25) is 0 Å². The van der Waals surface area contributed by atoms with E-state index in [-0.39, 0.29) is 6.10 Å². The maximum atomic E-state index is 9.94. The molecule has 1 unspecified atom stereocenters. The van der Waals surface area contributed by atoms with Gasteiger partial charge in [-0.1, -0.05) is 6.42 Å². The van der Waals surface area contributed by atoms with Gasteiger partial charge in [-0.05, 0) is 50.5 Å². The Labute approximate surface area is 110 Å². The van der Waals surface area contributed by atoms with E-state index < -0.39 is 0 Å². The van der Waals surface area contributed by atoms with Gasteiger partial charge in [0.15, 0.2) is 0 Å². The Morgan fingerprint density at radius 3 is 2.44 bits per heavy atom. The third-order valence-electron chi connectivity index (χ3n) is 6.03. The van der Waals surface area contributed by atoms with Crippen molar-refractivity contribution >= 4 is 0 Å². The monoisotopic (exact) mass is 250 g/mol. The minimum atomic E-state index is -0.0260. The Morgan fingerprint density at radius 2 is 1.56 bits per heavy atom. The molecule has 4 heterocycles. The molecule has 0 radical (unpaired) electrons. The highest BCUT2D eigenvalue weighted by molar-refractivity contribution is 5.01. The van der Waals surface area contributed by atoms with Crippen LogP contribution in [0.15, 0.2) is 0 Å². The summed E-state index contributed by atoms with van der Waals surface area (Å²) in [5.74, 6) is 1.77. The summed E-state index contributed by atoms with van der Waals surface area (Å²) in [6.07, 6.45) is 7.76. The smallest absolute Gasteiger partial charge is 0.0567 e. The van der Waals surface area contributed by atoms with Gasteiger partial charge in [-0.3, -0.25) is 9.80 Å². The van der Waals surface area contributed by atoms with E-state index in [4.69, 9.17) is 0 Å². The first-order chi connectivity index (χ1) is 8.81. The van der Waals surface area contributed by atoms with Crippen molar-refractivity contribution in [2.24, 2.45) is 11.8 Å². The van der Waals surface area contributed by atoms with Gasteiger partial charge in [-0.25, -0.2) is 0 Å². The van der Waals surface area contributed by atoms with Crippen molar-refractivity contribution < 1.29 is 5.11 Å². The molecule has 0 saturated carbocycles. The average molecular weight is 250 g/mol. The number of rotatable bonds is 0. The van der Waals surface area contributed by atoms with Crippen LogP contribution in [0, 0.1) is 11.8 Å². The van der Waals surface area contributed by atoms with Crippen LogP contribution in [-0.2, 0) is 0 Å². The minimum absolute atomic E-state index is 0.0260. The van der Waals surface area contributed by atoms with Crippen LogP contribution in [-0.4, -0.2) is 59.3 Å². The summed E-state index contributed by atoms with van der Waals surface area (Å²) in [7, 11) is 0. The largest absolute Gasteiger partial charge is 0.393 e. The molecule has 3 heteroatoms. The zero-order chi connectivity index (χ0) is 12.1. The van der Waals surface area contributed by atoms with Gasteiger partial charge < -0.3 is 5.11 Å². The SMILES string of the molecule is OC1CCN2C[C@H]3C[C@H](CN4CCCC[C@H]34)[C@@H]2C1. The summed E-state index contributed by atoms with van der Waals surface area (Å²) < 4.78 is 0. The number of aliphatic hydroxyl groups is 1. The van der Waals surface area contributed by atoms with E-state index in [0.29, 0.717) is 6.04 Å². The highest BCUT2D eigenvalue weighted by atomic mass is 16.3. The molecule has 0 aromatic rings. The minimum Gasteiger partial charge on any atom is -0.393 e. The Morgan fingerprint density at radius 1 is 0.778 bits per heavy atom. The first-order valence-electron chi connectivity index (χ1n) is 7.97. The summed E-state index contributed by atoms with van der Waals surface area (Å²) in [5.41, 5.74) is 0. The van der Waals surface area contributed by atoms with Crippen molar-refractivity contribution in [1.29, 1.82) is 0 Å². The summed E-state index contributed by atoms with van der Waals surface area (Å²) in [4.78, 5) is 5.51. The van der Waals surface area contributed by atoms with E-state index >= 15 is 0 Å². The molecule has 4 fully saturated rings. The number of aliphatic hydroxyl groups excluding tert-OH is 1. The predicted molar refractivity (Wildman–Crippen MR) is 71.4 cm³/mol. The van der Waals surface area contributed by atoms with Gasteiger partial charge in [-0.2, -0.15) is 0 Å². The Bertz CT molecular complexity index is 322. The van der Waals surface area contributed by atoms with E-state index in [0.717, 1.165) is 37.3 Å². The lowest BCUT2D eigenvalue weighted by atomic mass is 9.70. The maximum Gasteiger partial charge on any atom is 0.0567 e. The van der Waals surface area contributed by atoms with Crippen LogP contribution in [0.4, 0.5) is 0 Å². The van der Waals surface area contributed by atoms with Gasteiger partial charge in [0.05, 0.1) is 6.10 Å². The quantitative estimate of drug-likeness (QED) is 0.702. The molecule has 1 N–H and O–H groups in total. The summed E-state index contributed by atoms with van der Waals surface area (Å²) >= 11 is 0. The topological polar surface area (TPSA) is 26.7 Å². The molecule has 4 aliphatic rings. The molecular weight excluding hydrogens is 224 g/mol. The van der Waals surface area contributed by atoms with Crippen LogP contribution in [0.1, 0.15) is 38.5 Å². The van der Waals surface area contributed by atoms with Crippen molar-refractivity contribution in [3.8, 4) is 0 Å². The number of hydrogen-bond donors (Lipinski definition) is 1. The molecule has 0 aromatic heterocycles. The first kappa shape index (κ1) is 11.7. The van der Waals surface area contributed by atoms with Crippen LogP contribution < -0.4 is 0 Å². The second-order valence-corrected chi connectivity index (χ2v) is 7.05. The summed E-state index contributed by atoms with van der Waals surface area (Å²) in [5, 5.41) is 9.94. The number of hydrogen-bond acceptors (Lipinski definition) is 3. The second-order valence-electron chi connectivity index (χ2n) is 7.05. The molecule has 2 bridgehead atoms. The fourth-order valence-corrected chi connectivity index (χ4v) is 5.22. The number of nitrogens with zero attached hydrogens (tertiary/aromatic N) is 2. The van der Waals surface area contributed by atoms with Crippen molar-refractivity contribution in [3.63, 3.8) is 0 Å². The number of fused-ring (bicyclic) bond motifs is 6. The fourth-order valence-electron chi connectivity index (χ4n) is 5.22. The Hall–Kier alpha value is -0.120. The fraction of sp³-hybridized carbons (Fsp3) is 1.00. The van der Waals surface area contributed by atoms with Crippen molar-refractivity contribution in [2.75, 3.05) is 26.2 Å². The molecule has 102 valence electrons. The van der Waals surface area contributed by atoms with E-state index in [1.54, 1.807) is 0 Å². The number of piperidine rings is 4. The van der Waals surface area contributed by atoms with Crippen molar-refractivity contribution in [2.45, 2.75) is 56.7 Å². The van der Waals surface area contributed by atoms with Crippen LogP contribution in [0.3, 0.4) is 0 Å². The van der Waals surface area contributed by atoms with Gasteiger partial charge >= 0.3 is 0 Å². The average Bonchev–Trinajstić information content (AvgIpc) is 2.40. The molecule has 0 aromatic carbocycles. The molecule has 0 spiro atoms. The molecule has 4 saturated heterocycles. The second kappa shape index (κ2) is 4.46. The van der Waals surface area contributed by atoms with Crippen LogP contribution in [0.5, 0.6) is 0 Å². The third-order valence-corrected chi connectivity index (χ3v) is 6.03.